The minimum absolute atomic E-state index is 0.315. The van der Waals surface area contributed by atoms with Crippen LogP contribution < -0.4 is 10.2 Å². The number of nitrogens with one attached hydrogen (secondary N) is 1. The molecule has 4 aromatic rings. The Balaban J connectivity index is 1.46. The summed E-state index contributed by atoms with van der Waals surface area (Å²) in [6.07, 6.45) is 0. The van der Waals surface area contributed by atoms with Crippen molar-refractivity contribution in [2.75, 3.05) is 10.2 Å². The molecule has 4 aromatic carbocycles. The van der Waals surface area contributed by atoms with Crippen molar-refractivity contribution in [3.63, 3.8) is 0 Å². The van der Waals surface area contributed by atoms with E-state index in [0.717, 1.165) is 15.7 Å². The van der Waals surface area contributed by atoms with Crippen LogP contribution >= 0.6 is 0 Å². The second-order valence-corrected chi connectivity index (χ2v) is 7.02. The van der Waals surface area contributed by atoms with Crippen molar-refractivity contribution >= 4 is 39.9 Å². The molecule has 0 aromatic heterocycles. The predicted molar refractivity (Wildman–Crippen MR) is 116 cm³/mol. The summed E-state index contributed by atoms with van der Waals surface area (Å²) in [5, 5.41) is 4.89. The van der Waals surface area contributed by atoms with E-state index in [4.69, 9.17) is 0 Å². The van der Waals surface area contributed by atoms with Crippen LogP contribution in [-0.4, -0.2) is 17.7 Å². The number of carbonyl (C=O) groups excluding carboxylic acids is 3. The van der Waals surface area contributed by atoms with Crippen molar-refractivity contribution in [3.05, 3.63) is 108 Å². The van der Waals surface area contributed by atoms with E-state index in [-0.39, 0.29) is 17.7 Å². The lowest BCUT2D eigenvalue weighted by molar-refractivity contribution is 0.0924. The highest BCUT2D eigenvalue weighted by atomic mass is 16.2. The zero-order valence-corrected chi connectivity index (χ0v) is 15.8. The standard InChI is InChI=1S/C25H16N2O3/c28-23(26-22-14-6-8-16-7-1-2-11-19(16)22)17-9-5-10-18(15-17)27-24(29)20-12-3-4-13-21(20)25(27)30/h1-15H,(H,26,28). The molecule has 0 radical (unpaired) electrons. The van der Waals surface area contributed by atoms with Crippen molar-refractivity contribution in [3.8, 4) is 0 Å². The molecule has 5 heteroatoms. The molecular weight excluding hydrogens is 376 g/mol. The van der Waals surface area contributed by atoms with Gasteiger partial charge in [0.05, 0.1) is 16.8 Å². The summed E-state index contributed by atoms with van der Waals surface area (Å²) in [6, 6.07) is 26.7. The van der Waals surface area contributed by atoms with Gasteiger partial charge >= 0.3 is 0 Å². The first-order chi connectivity index (χ1) is 14.6. The molecule has 144 valence electrons. The third-order valence-corrected chi connectivity index (χ3v) is 5.20. The molecule has 0 bridgehead atoms. The fourth-order valence-corrected chi connectivity index (χ4v) is 3.74. The molecule has 3 amide bonds. The summed E-state index contributed by atoms with van der Waals surface area (Å²) >= 11 is 0. The summed E-state index contributed by atoms with van der Waals surface area (Å²) < 4.78 is 0. The molecule has 0 aliphatic carbocycles. The molecule has 1 N–H and O–H groups in total. The molecule has 0 saturated carbocycles. The minimum atomic E-state index is -0.387. The summed E-state index contributed by atoms with van der Waals surface area (Å²) in [4.78, 5) is 39.5. The normalized spacial score (nSPS) is 12.9. The van der Waals surface area contributed by atoms with Crippen LogP contribution in [0.4, 0.5) is 11.4 Å². The van der Waals surface area contributed by atoms with Crippen molar-refractivity contribution < 1.29 is 14.4 Å². The van der Waals surface area contributed by atoms with Crippen LogP contribution in [0.15, 0.2) is 91.0 Å². The zero-order chi connectivity index (χ0) is 20.7. The average Bonchev–Trinajstić information content (AvgIpc) is 3.04. The predicted octanol–water partition coefficient (Wildman–Crippen LogP) is 4.89. The summed E-state index contributed by atoms with van der Waals surface area (Å²) in [7, 11) is 0. The van der Waals surface area contributed by atoms with Gasteiger partial charge in [0.25, 0.3) is 17.7 Å². The second kappa shape index (κ2) is 6.97. The Morgan fingerprint density at radius 2 is 1.33 bits per heavy atom. The topological polar surface area (TPSA) is 66.5 Å². The van der Waals surface area contributed by atoms with E-state index in [1.807, 2.05) is 42.5 Å². The van der Waals surface area contributed by atoms with E-state index in [1.165, 1.54) is 0 Å². The van der Waals surface area contributed by atoms with E-state index in [9.17, 15) is 14.4 Å². The Kier molecular flexibility index (Phi) is 4.14. The third kappa shape index (κ3) is 2.84. The number of amides is 3. The van der Waals surface area contributed by atoms with Gasteiger partial charge in [-0.05, 0) is 41.8 Å². The summed E-state index contributed by atoms with van der Waals surface area (Å²) in [6.45, 7) is 0. The molecule has 0 fully saturated rings. The Morgan fingerprint density at radius 1 is 0.700 bits per heavy atom. The van der Waals surface area contributed by atoms with Gasteiger partial charge in [-0.3, -0.25) is 14.4 Å². The van der Waals surface area contributed by atoms with Crippen molar-refractivity contribution in [1.82, 2.24) is 0 Å². The Hall–Kier alpha value is -4.25. The lowest BCUT2D eigenvalue weighted by atomic mass is 10.1. The summed E-state index contributed by atoms with van der Waals surface area (Å²) in [5.41, 5.74) is 2.16. The minimum Gasteiger partial charge on any atom is -0.321 e. The number of carbonyl (C=O) groups is 3. The van der Waals surface area contributed by atoms with Crippen LogP contribution in [0.5, 0.6) is 0 Å². The van der Waals surface area contributed by atoms with Crippen LogP contribution in [-0.2, 0) is 0 Å². The second-order valence-electron chi connectivity index (χ2n) is 7.02. The van der Waals surface area contributed by atoms with Crippen molar-refractivity contribution in [2.24, 2.45) is 0 Å². The Labute approximate surface area is 172 Å². The Morgan fingerprint density at radius 3 is 2.10 bits per heavy atom. The van der Waals surface area contributed by atoms with Gasteiger partial charge in [-0.15, -0.1) is 0 Å². The van der Waals surface area contributed by atoms with E-state index in [0.29, 0.717) is 28.1 Å². The maximum atomic E-state index is 12.9. The monoisotopic (exact) mass is 392 g/mol. The number of rotatable bonds is 3. The van der Waals surface area contributed by atoms with Crippen LogP contribution in [0.25, 0.3) is 10.8 Å². The highest BCUT2D eigenvalue weighted by Gasteiger charge is 2.36. The number of hydrogen-bond acceptors (Lipinski definition) is 3. The number of hydrogen-bond donors (Lipinski definition) is 1. The molecule has 1 aliphatic rings. The average molecular weight is 392 g/mol. The number of imide groups is 1. The molecule has 0 saturated heterocycles. The molecule has 5 rings (SSSR count). The fourth-order valence-electron chi connectivity index (χ4n) is 3.74. The van der Waals surface area contributed by atoms with Gasteiger partial charge in [0.1, 0.15) is 0 Å². The number of fused-ring (bicyclic) bond motifs is 2. The molecule has 1 heterocycles. The van der Waals surface area contributed by atoms with Gasteiger partial charge in [-0.2, -0.15) is 0 Å². The van der Waals surface area contributed by atoms with E-state index in [2.05, 4.69) is 5.32 Å². The number of benzene rings is 4. The van der Waals surface area contributed by atoms with E-state index in [1.54, 1.807) is 48.5 Å². The molecule has 1 aliphatic heterocycles. The van der Waals surface area contributed by atoms with Gasteiger partial charge in [-0.1, -0.05) is 54.6 Å². The maximum absolute atomic E-state index is 12.9. The first-order valence-electron chi connectivity index (χ1n) is 9.50. The maximum Gasteiger partial charge on any atom is 0.266 e. The van der Waals surface area contributed by atoms with Crippen LogP contribution in [0.1, 0.15) is 31.1 Å². The number of anilines is 2. The molecular formula is C25H16N2O3. The largest absolute Gasteiger partial charge is 0.321 e. The molecule has 5 nitrogen and oxygen atoms in total. The lowest BCUT2D eigenvalue weighted by Crippen LogP contribution is -2.29. The molecule has 0 spiro atoms. The van der Waals surface area contributed by atoms with Crippen LogP contribution in [0, 0.1) is 0 Å². The first-order valence-corrected chi connectivity index (χ1v) is 9.50. The van der Waals surface area contributed by atoms with Gasteiger partial charge in [0.15, 0.2) is 0 Å². The van der Waals surface area contributed by atoms with Crippen molar-refractivity contribution in [2.45, 2.75) is 0 Å². The number of nitrogens with zero attached hydrogens (tertiary/aromatic N) is 1. The fraction of sp³-hybridized carbons (Fsp3) is 0. The van der Waals surface area contributed by atoms with Crippen molar-refractivity contribution in [1.29, 1.82) is 0 Å². The molecule has 30 heavy (non-hydrogen) atoms. The van der Waals surface area contributed by atoms with Gasteiger partial charge < -0.3 is 5.32 Å². The van der Waals surface area contributed by atoms with E-state index >= 15 is 0 Å². The van der Waals surface area contributed by atoms with Crippen LogP contribution in [0.2, 0.25) is 0 Å². The third-order valence-electron chi connectivity index (χ3n) is 5.20. The van der Waals surface area contributed by atoms with Gasteiger partial charge in [-0.25, -0.2) is 4.90 Å². The van der Waals surface area contributed by atoms with Gasteiger partial charge in [0, 0.05) is 16.6 Å². The quantitative estimate of drug-likeness (QED) is 0.505. The SMILES string of the molecule is O=C(Nc1cccc2ccccc12)c1cccc(N2C(=O)c3ccccc3C2=O)c1. The lowest BCUT2D eigenvalue weighted by Gasteiger charge is -2.15. The van der Waals surface area contributed by atoms with E-state index < -0.39 is 0 Å². The highest BCUT2D eigenvalue weighted by Crippen LogP contribution is 2.29. The molecule has 0 atom stereocenters. The highest BCUT2D eigenvalue weighted by molar-refractivity contribution is 6.34. The van der Waals surface area contributed by atoms with Gasteiger partial charge in [0.2, 0.25) is 0 Å². The Bertz CT molecular complexity index is 1300. The molecule has 0 unspecified atom stereocenters. The summed E-state index contributed by atoms with van der Waals surface area (Å²) in [5.74, 6) is -1.09. The zero-order valence-electron chi connectivity index (χ0n) is 15.8. The van der Waals surface area contributed by atoms with Crippen LogP contribution in [0.3, 0.4) is 0 Å². The first kappa shape index (κ1) is 17.8. The smallest absolute Gasteiger partial charge is 0.266 e.